The van der Waals surface area contributed by atoms with Crippen molar-refractivity contribution in [1.82, 2.24) is 0 Å². The summed E-state index contributed by atoms with van der Waals surface area (Å²) in [7, 11) is 1.51. The van der Waals surface area contributed by atoms with E-state index < -0.39 is 0 Å². The molecule has 0 atom stereocenters. The Balaban J connectivity index is 2.81. The summed E-state index contributed by atoms with van der Waals surface area (Å²) < 4.78 is 10.2. The average molecular weight is 218 g/mol. The molecule has 1 aromatic carbocycles. The quantitative estimate of drug-likeness (QED) is 0.723. The zero-order valence-electron chi connectivity index (χ0n) is 8.94. The Morgan fingerprint density at radius 2 is 2.12 bits per heavy atom. The molecule has 82 valence electrons. The molecule has 0 bridgehead atoms. The number of ether oxygens (including phenoxy) is 1. The van der Waals surface area contributed by atoms with E-state index in [4.69, 9.17) is 9.15 Å². The molecule has 0 saturated carbocycles. The minimum atomic E-state index is -0.326. The van der Waals surface area contributed by atoms with Crippen LogP contribution in [0, 0.1) is 0 Å². The minimum Gasteiger partial charge on any atom is -0.497 e. The van der Waals surface area contributed by atoms with Crippen molar-refractivity contribution in [2.75, 3.05) is 7.11 Å². The van der Waals surface area contributed by atoms with Gasteiger partial charge >= 0.3 is 0 Å². The van der Waals surface area contributed by atoms with Crippen LogP contribution in [0.25, 0.3) is 11.0 Å². The number of carbonyl (C=O) groups excluding carboxylic acids is 1. The molecule has 0 aliphatic rings. The van der Waals surface area contributed by atoms with Gasteiger partial charge in [0.05, 0.1) is 12.5 Å². The molecule has 0 aliphatic carbocycles. The summed E-state index contributed by atoms with van der Waals surface area (Å²) in [6.45, 7) is 1.33. The monoisotopic (exact) mass is 218 g/mol. The van der Waals surface area contributed by atoms with Gasteiger partial charge in [-0.15, -0.1) is 0 Å². The lowest BCUT2D eigenvalue weighted by atomic mass is 10.1. The second-order valence-corrected chi connectivity index (χ2v) is 3.40. The maximum Gasteiger partial charge on any atom is 0.203 e. The van der Waals surface area contributed by atoms with Gasteiger partial charge in [0.2, 0.25) is 5.43 Å². The molecule has 2 rings (SSSR count). The predicted octanol–water partition coefficient (Wildman–Crippen LogP) is 2.00. The number of methoxy groups -OCH3 is 1. The Morgan fingerprint density at radius 3 is 2.75 bits per heavy atom. The summed E-state index contributed by atoms with van der Waals surface area (Å²) in [5.74, 6) is 0.249. The molecular weight excluding hydrogens is 208 g/mol. The topological polar surface area (TPSA) is 56.5 Å². The first-order valence-corrected chi connectivity index (χ1v) is 4.74. The fourth-order valence-electron chi connectivity index (χ4n) is 1.48. The Labute approximate surface area is 91.4 Å². The highest BCUT2D eigenvalue weighted by molar-refractivity contribution is 5.96. The lowest BCUT2D eigenvalue weighted by molar-refractivity contribution is 0.101. The van der Waals surface area contributed by atoms with Gasteiger partial charge in [-0.2, -0.15) is 0 Å². The Hall–Kier alpha value is -2.10. The molecule has 0 spiro atoms. The zero-order chi connectivity index (χ0) is 11.7. The van der Waals surface area contributed by atoms with Crippen molar-refractivity contribution < 1.29 is 13.9 Å². The highest BCUT2D eigenvalue weighted by Gasteiger charge is 2.10. The number of benzene rings is 1. The van der Waals surface area contributed by atoms with Crippen molar-refractivity contribution in [1.29, 1.82) is 0 Å². The number of Topliss-reactive ketones (excluding diaryl/α,β-unsaturated/α-hetero) is 1. The Kier molecular flexibility index (Phi) is 2.48. The van der Waals surface area contributed by atoms with Gasteiger partial charge in [-0.1, -0.05) is 0 Å². The number of fused-ring (bicyclic) bond motifs is 1. The zero-order valence-corrected chi connectivity index (χ0v) is 8.94. The maximum absolute atomic E-state index is 11.9. The molecule has 2 aromatic rings. The van der Waals surface area contributed by atoms with Crippen molar-refractivity contribution in [2.45, 2.75) is 6.92 Å². The average Bonchev–Trinajstić information content (AvgIpc) is 2.28. The number of ketones is 1. The third-order valence-electron chi connectivity index (χ3n) is 2.36. The fourth-order valence-corrected chi connectivity index (χ4v) is 1.48. The number of carbonyl (C=O) groups is 1. The van der Waals surface area contributed by atoms with Gasteiger partial charge in [-0.05, 0) is 25.1 Å². The Bertz CT molecular complexity index is 610. The minimum absolute atomic E-state index is 0.0563. The first kappa shape index (κ1) is 10.4. The predicted molar refractivity (Wildman–Crippen MR) is 59.0 cm³/mol. The van der Waals surface area contributed by atoms with Crippen LogP contribution in [0.3, 0.4) is 0 Å². The molecule has 4 heteroatoms. The van der Waals surface area contributed by atoms with Crippen LogP contribution in [-0.2, 0) is 0 Å². The molecule has 16 heavy (non-hydrogen) atoms. The van der Waals surface area contributed by atoms with Crippen molar-refractivity contribution in [2.24, 2.45) is 0 Å². The van der Waals surface area contributed by atoms with Gasteiger partial charge < -0.3 is 9.15 Å². The van der Waals surface area contributed by atoms with Gasteiger partial charge in [0.25, 0.3) is 0 Å². The molecule has 4 nitrogen and oxygen atoms in total. The number of hydrogen-bond acceptors (Lipinski definition) is 4. The van der Waals surface area contributed by atoms with Gasteiger partial charge in [0.1, 0.15) is 23.2 Å². The molecule has 0 unspecified atom stereocenters. The molecule has 0 amide bonds. The molecule has 0 radical (unpaired) electrons. The molecule has 0 N–H and O–H groups in total. The lowest BCUT2D eigenvalue weighted by Crippen LogP contribution is -2.12. The molecule has 1 aromatic heterocycles. The van der Waals surface area contributed by atoms with Crippen LogP contribution >= 0.6 is 0 Å². The smallest absolute Gasteiger partial charge is 0.203 e. The summed E-state index contributed by atoms with van der Waals surface area (Å²) >= 11 is 0. The van der Waals surface area contributed by atoms with Gasteiger partial charge in [0, 0.05) is 0 Å². The largest absolute Gasteiger partial charge is 0.497 e. The normalized spacial score (nSPS) is 10.4. The Morgan fingerprint density at radius 1 is 1.38 bits per heavy atom. The molecule has 0 aliphatic heterocycles. The standard InChI is InChI=1S/C12H10O4/c1-7(13)10-6-16-11-4-3-8(15-2)5-9(11)12(10)14/h3-6H,1-2H3. The van der Waals surface area contributed by atoms with Gasteiger partial charge in [-0.25, -0.2) is 0 Å². The lowest BCUT2D eigenvalue weighted by Gasteiger charge is -2.02. The molecule has 0 fully saturated rings. The third kappa shape index (κ3) is 1.58. The van der Waals surface area contributed by atoms with E-state index >= 15 is 0 Å². The van der Waals surface area contributed by atoms with Gasteiger partial charge in [0.15, 0.2) is 5.78 Å². The fraction of sp³-hybridized carbons (Fsp3) is 0.167. The van der Waals surface area contributed by atoms with E-state index in [1.54, 1.807) is 18.2 Å². The van der Waals surface area contributed by atoms with E-state index in [-0.39, 0.29) is 16.8 Å². The summed E-state index contributed by atoms with van der Waals surface area (Å²) in [6.07, 6.45) is 1.19. The van der Waals surface area contributed by atoms with E-state index in [0.717, 1.165) is 0 Å². The van der Waals surface area contributed by atoms with E-state index in [1.807, 2.05) is 0 Å². The number of hydrogen-bond donors (Lipinski definition) is 0. The molecule has 0 saturated heterocycles. The summed E-state index contributed by atoms with van der Waals surface area (Å²) in [5.41, 5.74) is 0.171. The van der Waals surface area contributed by atoms with E-state index in [9.17, 15) is 9.59 Å². The van der Waals surface area contributed by atoms with Crippen molar-refractivity contribution in [3.8, 4) is 5.75 Å². The number of rotatable bonds is 2. The van der Waals surface area contributed by atoms with Crippen LogP contribution in [0.15, 0.2) is 33.7 Å². The van der Waals surface area contributed by atoms with Gasteiger partial charge in [-0.3, -0.25) is 9.59 Å². The van der Waals surface area contributed by atoms with Crippen LogP contribution in [0.1, 0.15) is 17.3 Å². The second-order valence-electron chi connectivity index (χ2n) is 3.40. The summed E-state index contributed by atoms with van der Waals surface area (Å²) in [4.78, 5) is 23.1. The third-order valence-corrected chi connectivity index (χ3v) is 2.36. The van der Waals surface area contributed by atoms with E-state index in [0.29, 0.717) is 16.7 Å². The summed E-state index contributed by atoms with van der Waals surface area (Å²) in [6, 6.07) is 4.89. The van der Waals surface area contributed by atoms with Crippen LogP contribution in [0.2, 0.25) is 0 Å². The molecular formula is C12H10O4. The van der Waals surface area contributed by atoms with Crippen molar-refractivity contribution in [3.05, 3.63) is 40.2 Å². The van der Waals surface area contributed by atoms with Crippen molar-refractivity contribution in [3.63, 3.8) is 0 Å². The van der Waals surface area contributed by atoms with E-state index in [2.05, 4.69) is 0 Å². The highest BCUT2D eigenvalue weighted by Crippen LogP contribution is 2.18. The van der Waals surface area contributed by atoms with Crippen LogP contribution in [0.4, 0.5) is 0 Å². The van der Waals surface area contributed by atoms with Crippen LogP contribution in [-0.4, -0.2) is 12.9 Å². The van der Waals surface area contributed by atoms with Crippen LogP contribution in [0.5, 0.6) is 5.75 Å². The first-order chi connectivity index (χ1) is 7.63. The maximum atomic E-state index is 11.9. The summed E-state index contributed by atoms with van der Waals surface area (Å²) in [5, 5.41) is 0.354. The first-order valence-electron chi connectivity index (χ1n) is 4.74. The second kappa shape index (κ2) is 3.81. The van der Waals surface area contributed by atoms with Crippen molar-refractivity contribution >= 4 is 16.8 Å². The van der Waals surface area contributed by atoms with E-state index in [1.165, 1.54) is 20.3 Å². The SMILES string of the molecule is COc1ccc2occ(C(C)=O)c(=O)c2c1. The molecule has 1 heterocycles. The van der Waals surface area contributed by atoms with Crippen LogP contribution < -0.4 is 10.2 Å². The highest BCUT2D eigenvalue weighted by atomic mass is 16.5.